The molecule has 1 saturated heterocycles. The van der Waals surface area contributed by atoms with Gasteiger partial charge in [-0.05, 0) is 51.2 Å². The van der Waals surface area contributed by atoms with E-state index in [4.69, 9.17) is 4.74 Å². The lowest BCUT2D eigenvalue weighted by atomic mass is 9.88. The number of hydrogen-bond donors (Lipinski definition) is 0. The minimum atomic E-state index is -0.984. The standard InChI is InChI=1S/C24H34N4O3S/c1-18(2)32(30)27-15-13-26(14-16-27)21-17-25-28(20-10-5-4-6-11-20)24(29)23(21)31-22-12-8-7-9-19(22)3/h4-6,10-11,17-19,22H,7-9,12-16H2,1-3H3/t19-,22+,32?/m1/s1. The lowest BCUT2D eigenvalue weighted by Crippen LogP contribution is -2.51. The van der Waals surface area contributed by atoms with Crippen molar-refractivity contribution in [3.8, 4) is 11.4 Å². The first-order chi connectivity index (χ1) is 15.5. The lowest BCUT2D eigenvalue weighted by Gasteiger charge is -2.37. The molecule has 174 valence electrons. The molecule has 0 spiro atoms. The Morgan fingerprint density at radius 1 is 1.09 bits per heavy atom. The molecule has 1 saturated carbocycles. The molecule has 32 heavy (non-hydrogen) atoms. The van der Waals surface area contributed by atoms with Crippen LogP contribution < -0.4 is 15.2 Å². The highest BCUT2D eigenvalue weighted by Gasteiger charge is 2.31. The molecule has 1 aliphatic carbocycles. The van der Waals surface area contributed by atoms with Crippen molar-refractivity contribution in [2.45, 2.75) is 57.8 Å². The molecule has 7 nitrogen and oxygen atoms in total. The van der Waals surface area contributed by atoms with Crippen LogP contribution >= 0.6 is 0 Å². The Hall–Kier alpha value is -2.03. The smallest absolute Gasteiger partial charge is 0.316 e. The first-order valence-corrected chi connectivity index (χ1v) is 12.9. The van der Waals surface area contributed by atoms with Gasteiger partial charge in [-0.2, -0.15) is 9.78 Å². The zero-order chi connectivity index (χ0) is 22.7. The fraction of sp³-hybridized carbons (Fsp3) is 0.583. The van der Waals surface area contributed by atoms with Crippen LogP contribution in [0.15, 0.2) is 41.3 Å². The zero-order valence-corrected chi connectivity index (χ0v) is 20.1. The summed E-state index contributed by atoms with van der Waals surface area (Å²) in [5.41, 5.74) is 1.25. The molecule has 0 bridgehead atoms. The molecular formula is C24H34N4O3S. The quantitative estimate of drug-likeness (QED) is 0.618. The number of aromatic nitrogens is 2. The van der Waals surface area contributed by atoms with Crippen LogP contribution in [-0.2, 0) is 11.4 Å². The third-order valence-corrected chi connectivity index (χ3v) is 8.14. The van der Waals surface area contributed by atoms with Crippen molar-refractivity contribution in [3.63, 3.8) is 0 Å². The average Bonchev–Trinajstić information content (AvgIpc) is 2.82. The molecule has 0 radical (unpaired) electrons. The van der Waals surface area contributed by atoms with Crippen molar-refractivity contribution in [2.75, 3.05) is 31.1 Å². The molecule has 4 rings (SSSR count). The second-order valence-corrected chi connectivity index (χ2v) is 11.1. The molecule has 1 unspecified atom stereocenters. The van der Waals surface area contributed by atoms with Gasteiger partial charge >= 0.3 is 5.56 Å². The van der Waals surface area contributed by atoms with E-state index in [0.29, 0.717) is 37.8 Å². The SMILES string of the molecule is CC(C)[S+]([O-])N1CCN(c2cnn(-c3ccccc3)c(=O)c2O[C@H]2CCCC[C@H]2C)CC1. The fourth-order valence-corrected chi connectivity index (χ4v) is 5.65. The average molecular weight is 459 g/mol. The van der Waals surface area contributed by atoms with Crippen LogP contribution in [0.25, 0.3) is 5.69 Å². The monoisotopic (exact) mass is 458 g/mol. The van der Waals surface area contributed by atoms with Crippen molar-refractivity contribution in [1.82, 2.24) is 14.1 Å². The third-order valence-electron chi connectivity index (χ3n) is 6.45. The molecule has 0 amide bonds. The summed E-state index contributed by atoms with van der Waals surface area (Å²) in [7, 11) is 0. The van der Waals surface area contributed by atoms with Crippen molar-refractivity contribution < 1.29 is 9.29 Å². The van der Waals surface area contributed by atoms with Gasteiger partial charge in [0.05, 0.1) is 25.0 Å². The number of rotatable bonds is 6. The third kappa shape index (κ3) is 4.97. The molecule has 1 aromatic heterocycles. The second-order valence-electron chi connectivity index (χ2n) is 9.07. The maximum absolute atomic E-state index is 13.6. The topological polar surface area (TPSA) is 73.7 Å². The van der Waals surface area contributed by atoms with E-state index in [1.807, 2.05) is 48.5 Å². The van der Waals surface area contributed by atoms with Crippen LogP contribution in [0.1, 0.15) is 46.5 Å². The number of benzene rings is 1. The van der Waals surface area contributed by atoms with Crippen molar-refractivity contribution in [2.24, 2.45) is 5.92 Å². The summed E-state index contributed by atoms with van der Waals surface area (Å²) in [6.45, 7) is 8.91. The Labute approximate surface area is 193 Å². The van der Waals surface area contributed by atoms with E-state index >= 15 is 0 Å². The molecule has 0 N–H and O–H groups in total. The van der Waals surface area contributed by atoms with Gasteiger partial charge in [-0.25, -0.2) is 0 Å². The van der Waals surface area contributed by atoms with Crippen LogP contribution in [0.5, 0.6) is 5.75 Å². The number of anilines is 1. The lowest BCUT2D eigenvalue weighted by molar-refractivity contribution is 0.101. The number of ether oxygens (including phenoxy) is 1. The van der Waals surface area contributed by atoms with E-state index in [1.54, 1.807) is 6.20 Å². The Kier molecular flexibility index (Phi) is 7.43. The molecule has 1 aliphatic heterocycles. The molecule has 8 heteroatoms. The molecule has 2 fully saturated rings. The minimum Gasteiger partial charge on any atom is -0.598 e. The van der Waals surface area contributed by atoms with E-state index < -0.39 is 11.4 Å². The number of hydrogen-bond acceptors (Lipinski definition) is 6. The van der Waals surface area contributed by atoms with Gasteiger partial charge in [-0.15, -0.1) is 4.31 Å². The number of nitrogens with zero attached hydrogens (tertiary/aromatic N) is 4. The van der Waals surface area contributed by atoms with Crippen LogP contribution in [0.2, 0.25) is 0 Å². The van der Waals surface area contributed by atoms with Crippen molar-refractivity contribution in [3.05, 3.63) is 46.9 Å². The molecule has 2 aromatic rings. The van der Waals surface area contributed by atoms with Crippen LogP contribution in [0, 0.1) is 5.92 Å². The Morgan fingerprint density at radius 2 is 1.78 bits per heavy atom. The van der Waals surface area contributed by atoms with Gasteiger partial charge in [0, 0.05) is 24.5 Å². The summed E-state index contributed by atoms with van der Waals surface area (Å²) in [4.78, 5) is 15.7. The Balaban J connectivity index is 1.64. The maximum atomic E-state index is 13.6. The van der Waals surface area contributed by atoms with Gasteiger partial charge in [0.15, 0.2) is 0 Å². The summed E-state index contributed by atoms with van der Waals surface area (Å²) in [6, 6.07) is 9.47. The summed E-state index contributed by atoms with van der Waals surface area (Å²) in [5.74, 6) is 0.806. The largest absolute Gasteiger partial charge is 0.598 e. The summed E-state index contributed by atoms with van der Waals surface area (Å²) >= 11 is -0.984. The van der Waals surface area contributed by atoms with Gasteiger partial charge < -0.3 is 14.2 Å². The Bertz CT molecular complexity index is 944. The molecule has 2 aliphatic rings. The number of para-hydroxylation sites is 1. The van der Waals surface area contributed by atoms with Crippen LogP contribution in [-0.4, -0.2) is 56.2 Å². The highest BCUT2D eigenvalue weighted by Crippen LogP contribution is 2.32. The second kappa shape index (κ2) is 10.3. The van der Waals surface area contributed by atoms with Gasteiger partial charge in [0.2, 0.25) is 5.75 Å². The molecule has 3 atom stereocenters. The van der Waals surface area contributed by atoms with Gasteiger partial charge in [-0.1, -0.05) is 31.5 Å². The Morgan fingerprint density at radius 3 is 2.44 bits per heavy atom. The predicted octanol–water partition coefficient (Wildman–Crippen LogP) is 3.38. The summed E-state index contributed by atoms with van der Waals surface area (Å²) in [6.07, 6.45) is 6.23. The van der Waals surface area contributed by atoms with Crippen molar-refractivity contribution >= 4 is 17.0 Å². The fourth-order valence-electron chi connectivity index (χ4n) is 4.53. The van der Waals surface area contributed by atoms with Gasteiger partial charge in [-0.3, -0.25) is 4.79 Å². The zero-order valence-electron chi connectivity index (χ0n) is 19.3. The van der Waals surface area contributed by atoms with E-state index in [2.05, 4.69) is 16.9 Å². The van der Waals surface area contributed by atoms with Gasteiger partial charge in [0.25, 0.3) is 0 Å². The highest BCUT2D eigenvalue weighted by molar-refractivity contribution is 7.89. The first kappa shape index (κ1) is 23.1. The molecular weight excluding hydrogens is 424 g/mol. The highest BCUT2D eigenvalue weighted by atomic mass is 32.2. The van der Waals surface area contributed by atoms with Gasteiger partial charge in [0.1, 0.15) is 17.0 Å². The first-order valence-electron chi connectivity index (χ1n) is 11.7. The summed E-state index contributed by atoms with van der Waals surface area (Å²) < 4.78 is 22.4. The maximum Gasteiger partial charge on any atom is 0.316 e. The molecule has 1 aromatic carbocycles. The minimum absolute atomic E-state index is 0.0385. The summed E-state index contributed by atoms with van der Waals surface area (Å²) in [5, 5.41) is 4.59. The van der Waals surface area contributed by atoms with Crippen molar-refractivity contribution in [1.29, 1.82) is 0 Å². The number of piperazine rings is 1. The van der Waals surface area contributed by atoms with Crippen LogP contribution in [0.4, 0.5) is 5.69 Å². The van der Waals surface area contributed by atoms with E-state index in [-0.39, 0.29) is 16.9 Å². The predicted molar refractivity (Wildman–Crippen MR) is 129 cm³/mol. The van der Waals surface area contributed by atoms with Crippen LogP contribution in [0.3, 0.4) is 0 Å². The molecule has 2 heterocycles. The normalized spacial score (nSPS) is 23.3. The van der Waals surface area contributed by atoms with E-state index in [1.165, 1.54) is 11.1 Å². The van der Waals surface area contributed by atoms with E-state index in [9.17, 15) is 9.35 Å². The van der Waals surface area contributed by atoms with E-state index in [0.717, 1.165) is 30.6 Å².